The van der Waals surface area contributed by atoms with Gasteiger partial charge in [0.1, 0.15) is 0 Å². The van der Waals surface area contributed by atoms with Gasteiger partial charge in [-0.25, -0.2) is 0 Å². The lowest BCUT2D eigenvalue weighted by atomic mass is 10.1. The molecule has 1 atom stereocenters. The zero-order valence-corrected chi connectivity index (χ0v) is 10.9. The predicted molar refractivity (Wildman–Crippen MR) is 72.6 cm³/mol. The molecule has 2 aromatic rings. The van der Waals surface area contributed by atoms with Gasteiger partial charge in [-0.05, 0) is 6.54 Å². The van der Waals surface area contributed by atoms with Gasteiger partial charge in [-0.3, -0.25) is 0 Å². The van der Waals surface area contributed by atoms with Crippen LogP contribution in [-0.2, 0) is 11.2 Å². The minimum Gasteiger partial charge on any atom is -0.383 e. The summed E-state index contributed by atoms with van der Waals surface area (Å²) >= 11 is 0. The molecule has 0 aliphatic heterocycles. The molecule has 1 N–H and O–H groups in total. The molecule has 1 unspecified atom stereocenters. The minimum atomic E-state index is 0.278. The van der Waals surface area contributed by atoms with Crippen molar-refractivity contribution in [3.8, 4) is 0 Å². The lowest BCUT2D eigenvalue weighted by Gasteiger charge is -2.16. The molecule has 1 heterocycles. The lowest BCUT2D eigenvalue weighted by molar-refractivity contribution is 0.166. The zero-order chi connectivity index (χ0) is 12.8. The van der Waals surface area contributed by atoms with Gasteiger partial charge in [-0.2, -0.15) is 10.2 Å². The minimum absolute atomic E-state index is 0.278. The van der Waals surface area contributed by atoms with E-state index in [2.05, 4.69) is 34.6 Å². The Morgan fingerprint density at radius 3 is 2.94 bits per heavy atom. The van der Waals surface area contributed by atoms with Crippen molar-refractivity contribution in [3.05, 3.63) is 36.2 Å². The molecule has 0 bridgehead atoms. The van der Waals surface area contributed by atoms with Gasteiger partial charge in [-0.1, -0.05) is 31.2 Å². The molecule has 4 heteroatoms. The molecule has 18 heavy (non-hydrogen) atoms. The highest BCUT2D eigenvalue weighted by Crippen LogP contribution is 2.16. The second-order valence-corrected chi connectivity index (χ2v) is 4.29. The van der Waals surface area contributed by atoms with E-state index in [1.165, 1.54) is 5.39 Å². The standard InChI is InChI=1S/C14H19N3O/c1-3-15-12(10-18-2)8-14-13-7-5-4-6-11(13)9-16-17-14/h4-7,9,12,15H,3,8,10H2,1-2H3. The summed E-state index contributed by atoms with van der Waals surface area (Å²) in [7, 11) is 1.72. The molecule has 0 spiro atoms. The van der Waals surface area contributed by atoms with E-state index in [4.69, 9.17) is 4.74 Å². The fraction of sp³-hybridized carbons (Fsp3) is 0.429. The highest BCUT2D eigenvalue weighted by atomic mass is 16.5. The smallest absolute Gasteiger partial charge is 0.0725 e. The number of rotatable bonds is 6. The summed E-state index contributed by atoms with van der Waals surface area (Å²) < 4.78 is 5.23. The van der Waals surface area contributed by atoms with Crippen LogP contribution in [0.15, 0.2) is 30.5 Å². The van der Waals surface area contributed by atoms with E-state index in [9.17, 15) is 0 Å². The molecule has 2 rings (SSSR count). The van der Waals surface area contributed by atoms with Crippen molar-refractivity contribution in [1.29, 1.82) is 0 Å². The topological polar surface area (TPSA) is 47.0 Å². The van der Waals surface area contributed by atoms with Crippen molar-refractivity contribution < 1.29 is 4.74 Å². The molecule has 96 valence electrons. The number of ether oxygens (including phenoxy) is 1. The average Bonchev–Trinajstić information content (AvgIpc) is 2.40. The van der Waals surface area contributed by atoms with E-state index < -0.39 is 0 Å². The Morgan fingerprint density at radius 1 is 1.33 bits per heavy atom. The van der Waals surface area contributed by atoms with Crippen LogP contribution in [0.4, 0.5) is 0 Å². The summed E-state index contributed by atoms with van der Waals surface area (Å²) in [6.45, 7) is 3.70. The van der Waals surface area contributed by atoms with Crippen LogP contribution in [0.2, 0.25) is 0 Å². The number of methoxy groups -OCH3 is 1. The first-order valence-electron chi connectivity index (χ1n) is 6.26. The van der Waals surface area contributed by atoms with Gasteiger partial charge < -0.3 is 10.1 Å². The number of aromatic nitrogens is 2. The maximum absolute atomic E-state index is 5.23. The largest absolute Gasteiger partial charge is 0.383 e. The number of hydrogen-bond acceptors (Lipinski definition) is 4. The normalized spacial score (nSPS) is 12.8. The van der Waals surface area contributed by atoms with Crippen LogP contribution < -0.4 is 5.32 Å². The molecule has 0 saturated carbocycles. The Bertz CT molecular complexity index is 490. The molecule has 0 fully saturated rings. The van der Waals surface area contributed by atoms with E-state index in [1.807, 2.05) is 12.1 Å². The third kappa shape index (κ3) is 3.03. The van der Waals surface area contributed by atoms with Crippen LogP contribution in [0, 0.1) is 0 Å². The number of hydrogen-bond donors (Lipinski definition) is 1. The Labute approximate surface area is 107 Å². The SMILES string of the molecule is CCNC(COC)Cc1nncc2ccccc12. The molecule has 1 aromatic heterocycles. The Balaban J connectivity index is 2.24. The van der Waals surface area contributed by atoms with Gasteiger partial charge in [0.15, 0.2) is 0 Å². The molecule has 0 saturated heterocycles. The first kappa shape index (κ1) is 12.9. The fourth-order valence-electron chi connectivity index (χ4n) is 2.15. The third-order valence-electron chi connectivity index (χ3n) is 2.95. The third-order valence-corrected chi connectivity index (χ3v) is 2.95. The van der Waals surface area contributed by atoms with Crippen LogP contribution in [0.3, 0.4) is 0 Å². The van der Waals surface area contributed by atoms with E-state index in [1.54, 1.807) is 13.3 Å². The van der Waals surface area contributed by atoms with Gasteiger partial charge >= 0.3 is 0 Å². The van der Waals surface area contributed by atoms with Crippen molar-refractivity contribution >= 4 is 10.8 Å². The van der Waals surface area contributed by atoms with Gasteiger partial charge in [0, 0.05) is 30.3 Å². The molecular formula is C14H19N3O. The average molecular weight is 245 g/mol. The number of benzene rings is 1. The summed E-state index contributed by atoms with van der Waals surface area (Å²) in [5.41, 5.74) is 1.02. The molecule has 0 aliphatic carbocycles. The first-order valence-corrected chi connectivity index (χ1v) is 6.26. The molecular weight excluding hydrogens is 226 g/mol. The highest BCUT2D eigenvalue weighted by Gasteiger charge is 2.11. The van der Waals surface area contributed by atoms with Crippen molar-refractivity contribution in [2.24, 2.45) is 0 Å². The number of nitrogens with one attached hydrogen (secondary N) is 1. The second-order valence-electron chi connectivity index (χ2n) is 4.29. The number of likely N-dealkylation sites (N-methyl/N-ethyl adjacent to an activating group) is 1. The summed E-state index contributed by atoms with van der Waals surface area (Å²) in [4.78, 5) is 0. The molecule has 1 aromatic carbocycles. The molecule has 4 nitrogen and oxygen atoms in total. The molecule has 0 radical (unpaired) electrons. The van der Waals surface area contributed by atoms with Crippen molar-refractivity contribution in [3.63, 3.8) is 0 Å². The van der Waals surface area contributed by atoms with Crippen LogP contribution in [-0.4, -0.2) is 36.5 Å². The molecule has 0 aliphatic rings. The van der Waals surface area contributed by atoms with E-state index >= 15 is 0 Å². The van der Waals surface area contributed by atoms with E-state index in [-0.39, 0.29) is 6.04 Å². The summed E-state index contributed by atoms with van der Waals surface area (Å²) in [5, 5.41) is 14.0. The maximum Gasteiger partial charge on any atom is 0.0725 e. The second kappa shape index (κ2) is 6.42. The maximum atomic E-state index is 5.23. The summed E-state index contributed by atoms with van der Waals surface area (Å²) in [6, 6.07) is 8.48. The number of fused-ring (bicyclic) bond motifs is 1. The van der Waals surface area contributed by atoms with Crippen LogP contribution in [0.5, 0.6) is 0 Å². The van der Waals surface area contributed by atoms with Crippen molar-refractivity contribution in [1.82, 2.24) is 15.5 Å². The van der Waals surface area contributed by atoms with E-state index in [0.717, 1.165) is 24.0 Å². The van der Waals surface area contributed by atoms with Crippen LogP contribution in [0.1, 0.15) is 12.6 Å². The van der Waals surface area contributed by atoms with E-state index in [0.29, 0.717) is 6.61 Å². The van der Waals surface area contributed by atoms with Crippen molar-refractivity contribution in [2.75, 3.05) is 20.3 Å². The fourth-order valence-corrected chi connectivity index (χ4v) is 2.15. The Kier molecular flexibility index (Phi) is 4.61. The Morgan fingerprint density at radius 2 is 2.17 bits per heavy atom. The quantitative estimate of drug-likeness (QED) is 0.843. The highest BCUT2D eigenvalue weighted by molar-refractivity contribution is 5.83. The first-order chi connectivity index (χ1) is 8.85. The van der Waals surface area contributed by atoms with Gasteiger partial charge in [0.05, 0.1) is 18.5 Å². The summed E-state index contributed by atoms with van der Waals surface area (Å²) in [5.74, 6) is 0. The van der Waals surface area contributed by atoms with Crippen molar-refractivity contribution in [2.45, 2.75) is 19.4 Å². The molecule has 0 amide bonds. The lowest BCUT2D eigenvalue weighted by Crippen LogP contribution is -2.35. The Hall–Kier alpha value is -1.52. The van der Waals surface area contributed by atoms with Gasteiger partial charge in [-0.15, -0.1) is 0 Å². The van der Waals surface area contributed by atoms with Gasteiger partial charge in [0.2, 0.25) is 0 Å². The zero-order valence-electron chi connectivity index (χ0n) is 10.9. The summed E-state index contributed by atoms with van der Waals surface area (Å²) in [6.07, 6.45) is 2.63. The van der Waals surface area contributed by atoms with Crippen LogP contribution in [0.25, 0.3) is 10.8 Å². The monoisotopic (exact) mass is 245 g/mol. The predicted octanol–water partition coefficient (Wildman–Crippen LogP) is 1.80. The van der Waals surface area contributed by atoms with Gasteiger partial charge in [0.25, 0.3) is 0 Å². The van der Waals surface area contributed by atoms with Crippen LogP contribution >= 0.6 is 0 Å². The number of nitrogens with zero attached hydrogens (tertiary/aromatic N) is 2.